The standard InChI is InChI=1S/C17H19N3OS2/c1-3-20-15-7-5-4-6-13(15)14-8-12(10-21)9-16(17(14)20)23(2,11-22)19-18/h4-11,19H,3,18H2,1-2H3. The Kier molecular flexibility index (Phi) is 4.25. The van der Waals surface area contributed by atoms with Crippen LogP contribution in [-0.4, -0.2) is 21.8 Å². The molecule has 3 rings (SSSR count). The molecule has 0 saturated carbocycles. The summed E-state index contributed by atoms with van der Waals surface area (Å²) >= 11 is 5.24. The fourth-order valence-corrected chi connectivity index (χ4v) is 4.80. The van der Waals surface area contributed by atoms with Crippen LogP contribution < -0.4 is 10.7 Å². The first-order valence-electron chi connectivity index (χ1n) is 7.30. The van der Waals surface area contributed by atoms with E-state index in [-0.39, 0.29) is 0 Å². The zero-order valence-electron chi connectivity index (χ0n) is 13.1. The third kappa shape index (κ3) is 2.38. The van der Waals surface area contributed by atoms with Gasteiger partial charge in [0.05, 0.1) is 5.52 Å². The topological polar surface area (TPSA) is 60.0 Å². The molecule has 0 amide bonds. The molecule has 6 heteroatoms. The molecule has 0 fully saturated rings. The number of thiocarbonyl (C=S) groups is 1. The molecule has 4 nitrogen and oxygen atoms in total. The lowest BCUT2D eigenvalue weighted by Gasteiger charge is -2.31. The van der Waals surface area contributed by atoms with E-state index in [1.807, 2.05) is 30.5 Å². The minimum atomic E-state index is -1.70. The number of para-hydroxylation sites is 1. The molecular weight excluding hydrogens is 326 g/mol. The summed E-state index contributed by atoms with van der Waals surface area (Å²) in [6, 6.07) is 12.1. The Morgan fingerprint density at radius 3 is 2.65 bits per heavy atom. The van der Waals surface area contributed by atoms with Gasteiger partial charge >= 0.3 is 0 Å². The van der Waals surface area contributed by atoms with E-state index < -0.39 is 10.2 Å². The highest BCUT2D eigenvalue weighted by Crippen LogP contribution is 2.50. The van der Waals surface area contributed by atoms with E-state index in [9.17, 15) is 4.79 Å². The molecule has 0 aliphatic carbocycles. The summed E-state index contributed by atoms with van der Waals surface area (Å²) in [7, 11) is -1.70. The monoisotopic (exact) mass is 345 g/mol. The van der Waals surface area contributed by atoms with Crippen LogP contribution >= 0.6 is 22.4 Å². The number of aldehydes is 1. The van der Waals surface area contributed by atoms with Crippen molar-refractivity contribution in [1.82, 2.24) is 9.40 Å². The van der Waals surface area contributed by atoms with Crippen LogP contribution in [0.5, 0.6) is 0 Å². The summed E-state index contributed by atoms with van der Waals surface area (Å²) in [6.45, 7) is 2.94. The Morgan fingerprint density at radius 1 is 1.30 bits per heavy atom. The Morgan fingerprint density at radius 2 is 2.04 bits per heavy atom. The van der Waals surface area contributed by atoms with Crippen molar-refractivity contribution in [3.05, 3.63) is 42.0 Å². The van der Waals surface area contributed by atoms with Gasteiger partial charge in [0.1, 0.15) is 6.29 Å². The minimum Gasteiger partial charge on any atom is -0.340 e. The normalized spacial score (nSPS) is 15.4. The molecule has 3 N–H and O–H groups in total. The van der Waals surface area contributed by atoms with E-state index in [1.165, 1.54) is 0 Å². The maximum Gasteiger partial charge on any atom is 0.150 e. The van der Waals surface area contributed by atoms with E-state index >= 15 is 0 Å². The number of nitrogens with two attached hydrogens (primary N) is 1. The Balaban J connectivity index is 2.57. The number of carbonyl (C=O) groups excluding carboxylic acids is 1. The first-order chi connectivity index (χ1) is 11.1. The molecule has 120 valence electrons. The number of nitrogens with one attached hydrogen (secondary N) is 1. The van der Waals surface area contributed by atoms with Crippen molar-refractivity contribution in [1.29, 1.82) is 0 Å². The van der Waals surface area contributed by atoms with Gasteiger partial charge in [-0.2, -0.15) is 0 Å². The predicted octanol–water partition coefficient (Wildman–Crippen LogP) is 3.76. The molecule has 23 heavy (non-hydrogen) atoms. The molecule has 3 aromatic rings. The highest BCUT2D eigenvalue weighted by Gasteiger charge is 2.24. The smallest absolute Gasteiger partial charge is 0.150 e. The lowest BCUT2D eigenvalue weighted by atomic mass is 10.1. The largest absolute Gasteiger partial charge is 0.340 e. The molecule has 0 aliphatic heterocycles. The molecule has 1 aromatic heterocycles. The maximum absolute atomic E-state index is 11.4. The zero-order valence-corrected chi connectivity index (χ0v) is 14.7. The van der Waals surface area contributed by atoms with Gasteiger partial charge < -0.3 is 4.57 Å². The first kappa shape index (κ1) is 16.1. The molecule has 0 bridgehead atoms. The van der Waals surface area contributed by atoms with Crippen LogP contribution in [0.3, 0.4) is 0 Å². The van der Waals surface area contributed by atoms with E-state index in [0.717, 1.165) is 39.5 Å². The summed E-state index contributed by atoms with van der Waals surface area (Å²) in [5, 5.41) is 2.20. The van der Waals surface area contributed by atoms with Crippen LogP contribution in [0.15, 0.2) is 41.3 Å². The number of aryl methyl sites for hydroxylation is 1. The van der Waals surface area contributed by atoms with Crippen molar-refractivity contribution < 1.29 is 4.79 Å². The number of fused-ring (bicyclic) bond motifs is 3. The van der Waals surface area contributed by atoms with Crippen molar-refractivity contribution >= 4 is 55.2 Å². The Hall–Kier alpha value is -1.73. The van der Waals surface area contributed by atoms with Gasteiger partial charge in [0.2, 0.25) is 0 Å². The quantitative estimate of drug-likeness (QED) is 0.320. The second-order valence-corrected chi connectivity index (χ2v) is 8.90. The highest BCUT2D eigenvalue weighted by atomic mass is 32.3. The summed E-state index contributed by atoms with van der Waals surface area (Å²) in [5.41, 5.74) is 2.88. The van der Waals surface area contributed by atoms with Gasteiger partial charge in [-0.05, 0) is 31.4 Å². The second kappa shape index (κ2) is 6.05. The van der Waals surface area contributed by atoms with E-state index in [4.69, 9.17) is 18.1 Å². The fourth-order valence-electron chi connectivity index (χ4n) is 3.03. The van der Waals surface area contributed by atoms with Crippen LogP contribution in [0, 0.1) is 0 Å². The Labute approximate surface area is 142 Å². The number of nitrogens with zero attached hydrogens (tertiary/aromatic N) is 1. The van der Waals surface area contributed by atoms with Crippen LogP contribution in [0.1, 0.15) is 17.3 Å². The summed E-state index contributed by atoms with van der Waals surface area (Å²) < 4.78 is 3.95. The van der Waals surface area contributed by atoms with Crippen molar-refractivity contribution in [3.8, 4) is 0 Å². The van der Waals surface area contributed by atoms with Crippen molar-refractivity contribution in [3.63, 3.8) is 0 Å². The molecule has 0 spiro atoms. The van der Waals surface area contributed by atoms with Gasteiger partial charge in [-0.1, -0.05) is 30.4 Å². The van der Waals surface area contributed by atoms with E-state index in [2.05, 4.69) is 28.5 Å². The molecule has 1 unspecified atom stereocenters. The molecule has 1 atom stereocenters. The summed E-state index contributed by atoms with van der Waals surface area (Å²) in [6.07, 6.45) is 2.88. The molecule has 2 aromatic carbocycles. The van der Waals surface area contributed by atoms with Gasteiger partial charge in [-0.15, -0.1) is 10.2 Å². The molecule has 1 heterocycles. The van der Waals surface area contributed by atoms with Gasteiger partial charge in [-0.3, -0.25) is 10.6 Å². The SMILES string of the molecule is CCn1c2ccccc2c2cc(C=O)cc(S(C)(C=S)NN)c21. The average molecular weight is 345 g/mol. The van der Waals surface area contributed by atoms with Gasteiger partial charge in [0.25, 0.3) is 0 Å². The number of benzene rings is 2. The third-order valence-corrected chi connectivity index (χ3v) is 7.45. The number of rotatable bonds is 5. The number of aromatic nitrogens is 1. The number of carbonyl (C=O) groups is 1. The fraction of sp³-hybridized carbons (Fsp3) is 0.176. The van der Waals surface area contributed by atoms with E-state index in [0.29, 0.717) is 5.56 Å². The molecule has 0 radical (unpaired) electrons. The molecular formula is C17H19N3OS2. The molecule has 0 aliphatic rings. The maximum atomic E-state index is 11.4. The lowest BCUT2D eigenvalue weighted by Crippen LogP contribution is -2.27. The number of hydrogen-bond acceptors (Lipinski definition) is 4. The van der Waals surface area contributed by atoms with Crippen molar-refractivity contribution in [2.24, 2.45) is 5.84 Å². The molecule has 0 saturated heterocycles. The van der Waals surface area contributed by atoms with Gasteiger partial charge in [-0.25, -0.2) is 4.83 Å². The number of hydrazine groups is 1. The van der Waals surface area contributed by atoms with Crippen LogP contribution in [0.25, 0.3) is 21.8 Å². The summed E-state index contributed by atoms with van der Waals surface area (Å²) in [5.74, 6) is 5.81. The van der Waals surface area contributed by atoms with Crippen LogP contribution in [0.2, 0.25) is 0 Å². The lowest BCUT2D eigenvalue weighted by molar-refractivity contribution is 0.112. The van der Waals surface area contributed by atoms with Crippen LogP contribution in [0.4, 0.5) is 0 Å². The van der Waals surface area contributed by atoms with Gasteiger partial charge in [0.15, 0.2) is 0 Å². The minimum absolute atomic E-state index is 0.636. The Bertz CT molecular complexity index is 919. The third-order valence-electron chi connectivity index (χ3n) is 4.20. The highest BCUT2D eigenvalue weighted by molar-refractivity contribution is 8.46. The second-order valence-electron chi connectivity index (χ2n) is 5.49. The zero-order chi connectivity index (χ0) is 16.6. The van der Waals surface area contributed by atoms with E-state index in [1.54, 1.807) is 4.70 Å². The van der Waals surface area contributed by atoms with Crippen molar-refractivity contribution in [2.75, 3.05) is 6.26 Å². The number of hydrogen-bond donors (Lipinski definition) is 2. The van der Waals surface area contributed by atoms with Crippen molar-refractivity contribution in [2.45, 2.75) is 18.4 Å². The predicted molar refractivity (Wildman–Crippen MR) is 103 cm³/mol. The van der Waals surface area contributed by atoms with Crippen LogP contribution in [-0.2, 0) is 6.54 Å². The van der Waals surface area contributed by atoms with Gasteiger partial charge in [0, 0.05) is 38.0 Å². The summed E-state index contributed by atoms with van der Waals surface area (Å²) in [4.78, 5) is 15.3. The average Bonchev–Trinajstić information content (AvgIpc) is 2.93. The first-order valence-corrected chi connectivity index (χ1v) is 9.88.